The smallest absolute Gasteiger partial charge is 0.237 e. The van der Waals surface area contributed by atoms with E-state index in [0.717, 1.165) is 32.6 Å². The fourth-order valence-electron chi connectivity index (χ4n) is 2.85. The molecule has 0 unspecified atom stereocenters. The van der Waals surface area contributed by atoms with Crippen molar-refractivity contribution in [1.29, 1.82) is 0 Å². The number of hydrogen-bond donors (Lipinski definition) is 0. The molecule has 1 fully saturated rings. The van der Waals surface area contributed by atoms with Crippen LogP contribution < -0.4 is 0 Å². The molecule has 2 aromatic carbocycles. The molecule has 0 aliphatic carbocycles. The summed E-state index contributed by atoms with van der Waals surface area (Å²) in [4.78, 5) is 16.5. The third-order valence-electron chi connectivity index (χ3n) is 4.17. The lowest BCUT2D eigenvalue weighted by atomic mass is 10.1. The van der Waals surface area contributed by atoms with E-state index in [-0.39, 0.29) is 5.91 Å². The monoisotopic (exact) mass is 294 g/mol. The molecule has 0 saturated carbocycles. The number of piperazine rings is 1. The Morgan fingerprint density at radius 3 is 2.09 bits per heavy atom. The summed E-state index contributed by atoms with van der Waals surface area (Å²) in [6, 6.07) is 20.7. The average Bonchev–Trinajstić information content (AvgIpc) is 2.57. The first-order chi connectivity index (χ1) is 10.8. The average molecular weight is 294 g/mol. The molecule has 1 aliphatic heterocycles. The predicted molar refractivity (Wildman–Crippen MR) is 88.4 cm³/mol. The van der Waals surface area contributed by atoms with Crippen LogP contribution in [0.4, 0.5) is 0 Å². The lowest BCUT2D eigenvalue weighted by molar-refractivity contribution is -0.136. The highest BCUT2D eigenvalue weighted by atomic mass is 16.2. The van der Waals surface area contributed by atoms with Gasteiger partial charge in [-0.1, -0.05) is 60.7 Å². The Labute approximate surface area is 132 Å². The summed E-state index contributed by atoms with van der Waals surface area (Å²) in [6.07, 6.45) is 1.01. The van der Waals surface area contributed by atoms with E-state index in [1.165, 1.54) is 11.1 Å². The number of benzene rings is 2. The van der Waals surface area contributed by atoms with Gasteiger partial charge in [0, 0.05) is 26.2 Å². The molecular weight excluding hydrogens is 272 g/mol. The SMILES string of the molecule is O=C1CN(CCc2ccccc2)CCN1Cc1ccccc1. The van der Waals surface area contributed by atoms with E-state index in [1.54, 1.807) is 0 Å². The van der Waals surface area contributed by atoms with E-state index in [1.807, 2.05) is 29.2 Å². The summed E-state index contributed by atoms with van der Waals surface area (Å²) in [5.74, 6) is 0.239. The summed E-state index contributed by atoms with van der Waals surface area (Å²) < 4.78 is 0. The second-order valence-electron chi connectivity index (χ2n) is 5.81. The molecule has 0 bridgehead atoms. The standard InChI is InChI=1S/C19H22N2O/c22-19-16-20(12-11-17-7-3-1-4-8-17)13-14-21(19)15-18-9-5-2-6-10-18/h1-10H,11-16H2. The van der Waals surface area contributed by atoms with E-state index in [2.05, 4.69) is 41.3 Å². The minimum absolute atomic E-state index is 0.239. The van der Waals surface area contributed by atoms with Crippen LogP contribution in [0.1, 0.15) is 11.1 Å². The second kappa shape index (κ2) is 7.23. The molecule has 0 aromatic heterocycles. The number of amides is 1. The van der Waals surface area contributed by atoms with Gasteiger partial charge in [-0.05, 0) is 17.5 Å². The van der Waals surface area contributed by atoms with Crippen molar-refractivity contribution < 1.29 is 4.79 Å². The highest BCUT2D eigenvalue weighted by Gasteiger charge is 2.23. The maximum absolute atomic E-state index is 12.3. The van der Waals surface area contributed by atoms with Crippen molar-refractivity contribution in [2.24, 2.45) is 0 Å². The molecule has 1 heterocycles. The Morgan fingerprint density at radius 1 is 0.818 bits per heavy atom. The van der Waals surface area contributed by atoms with Gasteiger partial charge in [-0.15, -0.1) is 0 Å². The van der Waals surface area contributed by atoms with Crippen molar-refractivity contribution in [2.45, 2.75) is 13.0 Å². The molecule has 3 nitrogen and oxygen atoms in total. The Bertz CT molecular complexity index is 597. The summed E-state index contributed by atoms with van der Waals surface area (Å²) in [5.41, 5.74) is 2.54. The molecule has 1 aliphatic rings. The quantitative estimate of drug-likeness (QED) is 0.846. The van der Waals surface area contributed by atoms with Crippen LogP contribution in [-0.4, -0.2) is 41.9 Å². The van der Waals surface area contributed by atoms with Crippen molar-refractivity contribution in [3.63, 3.8) is 0 Å². The summed E-state index contributed by atoms with van der Waals surface area (Å²) in [7, 11) is 0. The summed E-state index contributed by atoms with van der Waals surface area (Å²) in [6.45, 7) is 4.01. The van der Waals surface area contributed by atoms with E-state index in [4.69, 9.17) is 0 Å². The number of nitrogens with zero attached hydrogens (tertiary/aromatic N) is 2. The zero-order valence-electron chi connectivity index (χ0n) is 12.8. The zero-order valence-corrected chi connectivity index (χ0v) is 12.8. The number of carbonyl (C=O) groups is 1. The molecule has 0 radical (unpaired) electrons. The molecular formula is C19H22N2O. The van der Waals surface area contributed by atoms with Crippen LogP contribution in [0.3, 0.4) is 0 Å². The molecule has 22 heavy (non-hydrogen) atoms. The Morgan fingerprint density at radius 2 is 1.45 bits per heavy atom. The van der Waals surface area contributed by atoms with E-state index >= 15 is 0 Å². The summed E-state index contributed by atoms with van der Waals surface area (Å²) >= 11 is 0. The largest absolute Gasteiger partial charge is 0.336 e. The highest BCUT2D eigenvalue weighted by molar-refractivity contribution is 5.79. The van der Waals surface area contributed by atoms with Crippen LogP contribution in [-0.2, 0) is 17.8 Å². The van der Waals surface area contributed by atoms with Gasteiger partial charge in [0.25, 0.3) is 0 Å². The van der Waals surface area contributed by atoms with Crippen LogP contribution in [0.15, 0.2) is 60.7 Å². The van der Waals surface area contributed by atoms with Crippen LogP contribution >= 0.6 is 0 Å². The molecule has 0 spiro atoms. The lowest BCUT2D eigenvalue weighted by Crippen LogP contribution is -2.50. The molecule has 3 rings (SSSR count). The minimum atomic E-state index is 0.239. The number of hydrogen-bond acceptors (Lipinski definition) is 2. The fourth-order valence-corrected chi connectivity index (χ4v) is 2.85. The molecule has 1 amide bonds. The van der Waals surface area contributed by atoms with E-state index < -0.39 is 0 Å². The van der Waals surface area contributed by atoms with Gasteiger partial charge in [-0.25, -0.2) is 0 Å². The van der Waals surface area contributed by atoms with Crippen LogP contribution in [0.25, 0.3) is 0 Å². The Kier molecular flexibility index (Phi) is 4.86. The van der Waals surface area contributed by atoms with E-state index in [9.17, 15) is 4.79 Å². The van der Waals surface area contributed by atoms with E-state index in [0.29, 0.717) is 6.54 Å². The fraction of sp³-hybridized carbons (Fsp3) is 0.316. The van der Waals surface area contributed by atoms with Gasteiger partial charge in [0.1, 0.15) is 0 Å². The first-order valence-electron chi connectivity index (χ1n) is 7.89. The highest BCUT2D eigenvalue weighted by Crippen LogP contribution is 2.10. The van der Waals surface area contributed by atoms with Crippen molar-refractivity contribution in [1.82, 2.24) is 9.80 Å². The summed E-state index contributed by atoms with van der Waals surface area (Å²) in [5, 5.41) is 0. The van der Waals surface area contributed by atoms with Gasteiger partial charge in [0.05, 0.1) is 6.54 Å². The predicted octanol–water partition coefficient (Wildman–Crippen LogP) is 2.57. The van der Waals surface area contributed by atoms with Gasteiger partial charge in [-0.3, -0.25) is 9.69 Å². The molecule has 2 aromatic rings. The molecule has 0 atom stereocenters. The first kappa shape index (κ1) is 14.8. The van der Waals surface area contributed by atoms with Crippen molar-refractivity contribution in [2.75, 3.05) is 26.2 Å². The van der Waals surface area contributed by atoms with Crippen molar-refractivity contribution in [3.8, 4) is 0 Å². The topological polar surface area (TPSA) is 23.6 Å². The maximum atomic E-state index is 12.3. The zero-order chi connectivity index (χ0) is 15.2. The minimum Gasteiger partial charge on any atom is -0.336 e. The van der Waals surface area contributed by atoms with Gasteiger partial charge in [-0.2, -0.15) is 0 Å². The third-order valence-corrected chi connectivity index (χ3v) is 4.17. The second-order valence-corrected chi connectivity index (χ2v) is 5.81. The lowest BCUT2D eigenvalue weighted by Gasteiger charge is -2.34. The number of rotatable bonds is 5. The normalized spacial score (nSPS) is 16.0. The van der Waals surface area contributed by atoms with Gasteiger partial charge < -0.3 is 4.90 Å². The van der Waals surface area contributed by atoms with Crippen LogP contribution in [0.5, 0.6) is 0 Å². The van der Waals surface area contributed by atoms with Crippen LogP contribution in [0, 0.1) is 0 Å². The molecule has 114 valence electrons. The van der Waals surface area contributed by atoms with Gasteiger partial charge in [0.2, 0.25) is 5.91 Å². The maximum Gasteiger partial charge on any atom is 0.237 e. The number of carbonyl (C=O) groups excluding carboxylic acids is 1. The Hall–Kier alpha value is -2.13. The van der Waals surface area contributed by atoms with Crippen molar-refractivity contribution in [3.05, 3.63) is 71.8 Å². The molecule has 3 heteroatoms. The first-order valence-corrected chi connectivity index (χ1v) is 7.89. The van der Waals surface area contributed by atoms with Crippen LogP contribution in [0.2, 0.25) is 0 Å². The molecule has 1 saturated heterocycles. The Balaban J connectivity index is 1.49. The molecule has 0 N–H and O–H groups in total. The third kappa shape index (κ3) is 3.95. The van der Waals surface area contributed by atoms with Gasteiger partial charge in [0.15, 0.2) is 0 Å². The van der Waals surface area contributed by atoms with Crippen molar-refractivity contribution >= 4 is 5.91 Å². The van der Waals surface area contributed by atoms with Gasteiger partial charge >= 0.3 is 0 Å².